The third-order valence-corrected chi connectivity index (χ3v) is 3.21. The lowest BCUT2D eigenvalue weighted by atomic mass is 10.1. The van der Waals surface area contributed by atoms with Gasteiger partial charge in [0.15, 0.2) is 12.1 Å². The molecule has 0 amide bonds. The van der Waals surface area contributed by atoms with Crippen LogP contribution in [0.5, 0.6) is 0 Å². The summed E-state index contributed by atoms with van der Waals surface area (Å²) in [6.45, 7) is 5.50. The van der Waals surface area contributed by atoms with Crippen LogP contribution in [0.1, 0.15) is 20.8 Å². The summed E-state index contributed by atoms with van der Waals surface area (Å²) in [5.74, 6) is -0.729. The Hall–Kier alpha value is -0.500. The molecule has 0 aromatic carbocycles. The van der Waals surface area contributed by atoms with Gasteiger partial charge < -0.3 is 29.2 Å². The first-order valence-corrected chi connectivity index (χ1v) is 6.51. The average molecular weight is 274 g/mol. The highest BCUT2D eigenvalue weighted by Crippen LogP contribution is 2.39. The molecule has 0 spiro atoms. The Balaban J connectivity index is 2.06. The molecule has 5 atom stereocenters. The van der Waals surface area contributed by atoms with Crippen molar-refractivity contribution in [3.05, 3.63) is 12.2 Å². The van der Waals surface area contributed by atoms with E-state index in [0.717, 1.165) is 0 Å². The lowest BCUT2D eigenvalue weighted by Crippen LogP contribution is -2.44. The number of allylic oxidation sites excluding steroid dienone is 1. The Morgan fingerprint density at radius 3 is 2.74 bits per heavy atom. The van der Waals surface area contributed by atoms with Crippen molar-refractivity contribution in [1.29, 1.82) is 0 Å². The van der Waals surface area contributed by atoms with E-state index in [2.05, 4.69) is 0 Å². The van der Waals surface area contributed by atoms with E-state index >= 15 is 0 Å². The van der Waals surface area contributed by atoms with Gasteiger partial charge in [-0.05, 0) is 20.8 Å². The van der Waals surface area contributed by atoms with Crippen LogP contribution < -0.4 is 0 Å². The predicted molar refractivity (Wildman–Crippen MR) is 66.3 cm³/mol. The molecule has 6 nitrogen and oxygen atoms in total. The Morgan fingerprint density at radius 1 is 1.37 bits per heavy atom. The van der Waals surface area contributed by atoms with Crippen molar-refractivity contribution in [2.24, 2.45) is 0 Å². The Kier molecular flexibility index (Phi) is 4.60. The number of fused-ring (bicyclic) bond motifs is 1. The quantitative estimate of drug-likeness (QED) is 0.696. The molecule has 0 radical (unpaired) electrons. The monoisotopic (exact) mass is 274 g/mol. The smallest absolute Gasteiger partial charge is 0.190 e. The molecule has 19 heavy (non-hydrogen) atoms. The summed E-state index contributed by atoms with van der Waals surface area (Å²) in [6, 6.07) is 0. The van der Waals surface area contributed by atoms with Gasteiger partial charge in [0.2, 0.25) is 0 Å². The second kappa shape index (κ2) is 5.87. The topological polar surface area (TPSA) is 77.4 Å². The summed E-state index contributed by atoms with van der Waals surface area (Å²) in [6.07, 6.45) is 0.628. The molecule has 0 saturated carbocycles. The Bertz CT molecular complexity index is 329. The largest absolute Gasteiger partial charge is 0.394 e. The van der Waals surface area contributed by atoms with Gasteiger partial charge in [0.25, 0.3) is 0 Å². The molecular formula is C13H22O6. The SMILES string of the molecule is CC=CCO[C@H]1[C@H]2OC(C)(C)O[C@H]2O[C@@H]1[C@H](O)CO. The van der Waals surface area contributed by atoms with Crippen molar-refractivity contribution >= 4 is 0 Å². The molecule has 0 aromatic rings. The second-order valence-electron chi connectivity index (χ2n) is 5.19. The van der Waals surface area contributed by atoms with Gasteiger partial charge in [0.1, 0.15) is 24.4 Å². The van der Waals surface area contributed by atoms with Gasteiger partial charge in [-0.3, -0.25) is 0 Å². The van der Waals surface area contributed by atoms with Crippen molar-refractivity contribution in [1.82, 2.24) is 0 Å². The van der Waals surface area contributed by atoms with Crippen LogP contribution in [0.15, 0.2) is 12.2 Å². The van der Waals surface area contributed by atoms with Gasteiger partial charge in [-0.1, -0.05) is 12.2 Å². The fourth-order valence-corrected chi connectivity index (χ4v) is 2.37. The molecule has 2 saturated heterocycles. The van der Waals surface area contributed by atoms with E-state index in [-0.39, 0.29) is 0 Å². The van der Waals surface area contributed by atoms with Crippen molar-refractivity contribution in [2.45, 2.75) is 57.3 Å². The molecule has 2 aliphatic rings. The molecule has 2 rings (SSSR count). The molecule has 0 aliphatic carbocycles. The first-order valence-electron chi connectivity index (χ1n) is 6.51. The number of ether oxygens (including phenoxy) is 4. The fraction of sp³-hybridized carbons (Fsp3) is 0.846. The summed E-state index contributed by atoms with van der Waals surface area (Å²) in [7, 11) is 0. The number of rotatable bonds is 5. The minimum Gasteiger partial charge on any atom is -0.394 e. The molecule has 110 valence electrons. The molecule has 2 aliphatic heterocycles. The maximum absolute atomic E-state index is 9.79. The molecular weight excluding hydrogens is 252 g/mol. The minimum absolute atomic E-state index is 0.392. The predicted octanol–water partition coefficient (Wildman–Crippen LogP) is 0.177. The average Bonchev–Trinajstić information content (AvgIpc) is 2.82. The van der Waals surface area contributed by atoms with Crippen molar-refractivity contribution in [3.8, 4) is 0 Å². The summed E-state index contributed by atoms with van der Waals surface area (Å²) in [4.78, 5) is 0. The zero-order valence-corrected chi connectivity index (χ0v) is 11.5. The number of aliphatic hydroxyl groups excluding tert-OH is 2. The van der Waals surface area contributed by atoms with Gasteiger partial charge >= 0.3 is 0 Å². The minimum atomic E-state index is -1.02. The Labute approximate surface area is 112 Å². The van der Waals surface area contributed by atoms with Crippen LogP contribution in [0.4, 0.5) is 0 Å². The number of hydrogen-bond acceptors (Lipinski definition) is 6. The highest BCUT2D eigenvalue weighted by atomic mass is 16.8. The van der Waals surface area contributed by atoms with E-state index in [9.17, 15) is 5.11 Å². The first-order chi connectivity index (χ1) is 8.98. The maximum Gasteiger partial charge on any atom is 0.190 e. The number of aliphatic hydroxyl groups is 2. The van der Waals surface area contributed by atoms with Crippen molar-refractivity contribution < 1.29 is 29.2 Å². The molecule has 0 bridgehead atoms. The van der Waals surface area contributed by atoms with Crippen molar-refractivity contribution in [2.75, 3.05) is 13.2 Å². The third-order valence-electron chi connectivity index (χ3n) is 3.21. The summed E-state index contributed by atoms with van der Waals surface area (Å²) >= 11 is 0. The lowest BCUT2D eigenvalue weighted by Gasteiger charge is -2.27. The molecule has 0 aromatic heterocycles. The van der Waals surface area contributed by atoms with E-state index in [1.807, 2.05) is 19.1 Å². The molecule has 0 unspecified atom stereocenters. The van der Waals surface area contributed by atoms with E-state index in [1.165, 1.54) is 0 Å². The summed E-state index contributed by atoms with van der Waals surface area (Å²) < 4.78 is 22.7. The van der Waals surface area contributed by atoms with Gasteiger partial charge in [0, 0.05) is 0 Å². The number of hydrogen-bond donors (Lipinski definition) is 2. The molecule has 2 heterocycles. The molecule has 6 heteroatoms. The summed E-state index contributed by atoms with van der Waals surface area (Å²) in [5, 5.41) is 18.9. The van der Waals surface area contributed by atoms with Gasteiger partial charge in [-0.25, -0.2) is 0 Å². The second-order valence-corrected chi connectivity index (χ2v) is 5.19. The van der Waals surface area contributed by atoms with Gasteiger partial charge in [0.05, 0.1) is 13.2 Å². The lowest BCUT2D eigenvalue weighted by molar-refractivity contribution is -0.230. The van der Waals surface area contributed by atoms with Crippen molar-refractivity contribution in [3.63, 3.8) is 0 Å². The van der Waals surface area contributed by atoms with Crippen LogP contribution >= 0.6 is 0 Å². The highest BCUT2D eigenvalue weighted by Gasteiger charge is 2.56. The van der Waals surface area contributed by atoms with E-state index in [1.54, 1.807) is 13.8 Å². The van der Waals surface area contributed by atoms with Crippen LogP contribution in [0.3, 0.4) is 0 Å². The zero-order valence-electron chi connectivity index (χ0n) is 11.5. The maximum atomic E-state index is 9.79. The van der Waals surface area contributed by atoms with Crippen LogP contribution in [0.25, 0.3) is 0 Å². The normalized spacial score (nSPS) is 38.8. The van der Waals surface area contributed by atoms with Gasteiger partial charge in [-0.15, -0.1) is 0 Å². The highest BCUT2D eigenvalue weighted by molar-refractivity contribution is 4.97. The van der Waals surface area contributed by atoms with Crippen LogP contribution in [-0.2, 0) is 18.9 Å². The fourth-order valence-electron chi connectivity index (χ4n) is 2.37. The third kappa shape index (κ3) is 3.16. The van der Waals surface area contributed by atoms with Crippen LogP contribution in [0.2, 0.25) is 0 Å². The molecule has 2 fully saturated rings. The first kappa shape index (κ1) is 14.9. The standard InChI is InChI=1S/C13H22O6/c1-4-5-6-16-10-9(8(15)7-14)17-12-11(10)18-13(2,3)19-12/h4-5,8-12,14-15H,6-7H2,1-3H3/t8-,9-,10-,11-,12-/m1/s1. The summed E-state index contributed by atoms with van der Waals surface area (Å²) in [5.41, 5.74) is 0. The van der Waals surface area contributed by atoms with Crippen LogP contribution in [0, 0.1) is 0 Å². The van der Waals surface area contributed by atoms with E-state index in [4.69, 9.17) is 24.1 Å². The zero-order chi connectivity index (χ0) is 14.0. The molecule has 2 N–H and O–H groups in total. The Morgan fingerprint density at radius 2 is 2.11 bits per heavy atom. The van der Waals surface area contributed by atoms with Crippen LogP contribution in [-0.4, -0.2) is 59.9 Å². The van der Waals surface area contributed by atoms with E-state index in [0.29, 0.717) is 6.61 Å². The van der Waals surface area contributed by atoms with E-state index < -0.39 is 43.1 Å². The van der Waals surface area contributed by atoms with Gasteiger partial charge in [-0.2, -0.15) is 0 Å².